The second kappa shape index (κ2) is 13.2. The lowest BCUT2D eigenvalue weighted by Gasteiger charge is -2.33. The van der Waals surface area contributed by atoms with Crippen molar-refractivity contribution < 1.29 is 24.1 Å². The molecule has 3 heterocycles. The van der Waals surface area contributed by atoms with E-state index >= 15 is 0 Å². The zero-order valence-corrected chi connectivity index (χ0v) is 23.6. The van der Waals surface area contributed by atoms with Crippen LogP contribution in [0.2, 0.25) is 5.02 Å². The number of halogens is 1. The summed E-state index contributed by atoms with van der Waals surface area (Å²) in [4.78, 5) is 18.7. The first-order valence-electron chi connectivity index (χ1n) is 13.7. The summed E-state index contributed by atoms with van der Waals surface area (Å²) in [7, 11) is 0. The van der Waals surface area contributed by atoms with Crippen molar-refractivity contribution >= 4 is 29.6 Å². The highest BCUT2D eigenvalue weighted by molar-refractivity contribution is 6.32. The van der Waals surface area contributed by atoms with Gasteiger partial charge in [0, 0.05) is 37.5 Å². The summed E-state index contributed by atoms with van der Waals surface area (Å²) in [5, 5.41) is 20.3. The van der Waals surface area contributed by atoms with Gasteiger partial charge in [0.05, 0.1) is 23.9 Å². The minimum atomic E-state index is -1.28. The van der Waals surface area contributed by atoms with Crippen molar-refractivity contribution in [1.82, 2.24) is 9.88 Å². The lowest BCUT2D eigenvalue weighted by molar-refractivity contribution is -0.132. The van der Waals surface area contributed by atoms with Crippen LogP contribution in [0.25, 0.3) is 11.3 Å². The summed E-state index contributed by atoms with van der Waals surface area (Å²) in [5.74, 6) is -0.476. The largest absolute Gasteiger partial charge is 0.487 e. The number of pyridine rings is 1. The third-order valence-corrected chi connectivity index (χ3v) is 7.56. The van der Waals surface area contributed by atoms with E-state index in [0.717, 1.165) is 50.9 Å². The van der Waals surface area contributed by atoms with E-state index in [4.69, 9.17) is 31.2 Å². The molecule has 2 aromatic carbocycles. The van der Waals surface area contributed by atoms with Gasteiger partial charge < -0.3 is 30.0 Å². The number of nitrogens with one attached hydrogen (secondary N) is 2. The van der Waals surface area contributed by atoms with Gasteiger partial charge in [0.1, 0.15) is 23.7 Å². The van der Waals surface area contributed by atoms with Crippen molar-refractivity contribution in [2.75, 3.05) is 31.7 Å². The van der Waals surface area contributed by atoms with E-state index in [-0.39, 0.29) is 18.1 Å². The Morgan fingerprint density at radius 3 is 2.85 bits per heavy atom. The first-order chi connectivity index (χ1) is 20.0. The van der Waals surface area contributed by atoms with Crippen LogP contribution in [-0.4, -0.2) is 59.6 Å². The number of fused-ring (bicyclic) bond motifs is 1. The highest BCUT2D eigenvalue weighted by Gasteiger charge is 2.26. The number of hydrogen-bond donors (Lipinski definition) is 3. The zero-order chi connectivity index (χ0) is 28.8. The molecule has 1 unspecified atom stereocenters. The smallest absolute Gasteiger partial charge is 0.342 e. The van der Waals surface area contributed by atoms with E-state index < -0.39 is 5.97 Å². The Morgan fingerprint density at radius 1 is 1.24 bits per heavy atom. The molecular weight excluding hydrogens is 544 g/mol. The fourth-order valence-electron chi connectivity index (χ4n) is 5.17. The molecule has 2 aliphatic rings. The molecule has 9 nitrogen and oxygen atoms in total. The van der Waals surface area contributed by atoms with Crippen LogP contribution in [0.15, 0.2) is 66.1 Å². The second-order valence-corrected chi connectivity index (χ2v) is 10.3. The van der Waals surface area contributed by atoms with Crippen molar-refractivity contribution in [3.05, 3.63) is 87.8 Å². The molecule has 1 fully saturated rings. The van der Waals surface area contributed by atoms with Crippen molar-refractivity contribution in [3.63, 3.8) is 0 Å². The van der Waals surface area contributed by atoms with E-state index in [0.29, 0.717) is 40.5 Å². The fourth-order valence-corrected chi connectivity index (χ4v) is 5.40. The number of ether oxygens (including phenoxy) is 3. The van der Waals surface area contributed by atoms with Crippen LogP contribution in [0.4, 0.5) is 5.82 Å². The molecule has 1 atom stereocenters. The highest BCUT2D eigenvalue weighted by atomic mass is 35.5. The molecule has 0 amide bonds. The van der Waals surface area contributed by atoms with Crippen molar-refractivity contribution in [2.45, 2.75) is 39.0 Å². The van der Waals surface area contributed by atoms with E-state index in [1.807, 2.05) is 18.2 Å². The molecule has 214 valence electrons. The number of carboxylic acids is 1. The first kappa shape index (κ1) is 28.6. The topological polar surface area (TPSA) is 117 Å². The Labute approximate surface area is 244 Å². The first-order valence-corrected chi connectivity index (χ1v) is 14.0. The number of carbonyl (C=O) groups is 1. The minimum Gasteiger partial charge on any atom is -0.487 e. The Balaban J connectivity index is 1.33. The summed E-state index contributed by atoms with van der Waals surface area (Å²) >= 11 is 6.60. The summed E-state index contributed by atoms with van der Waals surface area (Å²) in [5.41, 5.74) is 4.74. The van der Waals surface area contributed by atoms with Crippen LogP contribution in [0, 0.1) is 5.41 Å². The molecule has 3 N–H and O–H groups in total. The maximum Gasteiger partial charge on any atom is 0.342 e. The van der Waals surface area contributed by atoms with Crippen LogP contribution < -0.4 is 10.1 Å². The molecule has 0 saturated carbocycles. The van der Waals surface area contributed by atoms with Crippen LogP contribution >= 0.6 is 11.6 Å². The predicted molar refractivity (Wildman–Crippen MR) is 157 cm³/mol. The quantitative estimate of drug-likeness (QED) is 0.155. The summed E-state index contributed by atoms with van der Waals surface area (Å²) < 4.78 is 17.3. The number of aliphatic carboxylic acids is 1. The van der Waals surface area contributed by atoms with Crippen molar-refractivity contribution in [3.8, 4) is 17.0 Å². The van der Waals surface area contributed by atoms with Gasteiger partial charge >= 0.3 is 5.97 Å². The standard InChI is InChI=1S/C31H33ClN4O5/c1-2-40-30(25(16-33)31(37)38)35-28-8-4-7-27(34-28)24-5-3-6-26(32)29(24)41-18-20-9-10-22-17-36(13-11-21(22)15-20)23-12-14-39-19-23/h3-10,15-16,23,33H,2,11-14,17-19H2,1H3,(H,34,35)(H,37,38)/b30-25-,33-16?. The van der Waals surface area contributed by atoms with E-state index in [1.54, 1.807) is 25.1 Å². The number of nitrogens with zero attached hydrogens (tertiary/aromatic N) is 2. The maximum absolute atomic E-state index is 11.6. The van der Waals surface area contributed by atoms with Crippen LogP contribution in [0.5, 0.6) is 5.75 Å². The lowest BCUT2D eigenvalue weighted by atomic mass is 9.96. The molecule has 0 spiro atoms. The van der Waals surface area contributed by atoms with Crippen molar-refractivity contribution in [2.24, 2.45) is 0 Å². The predicted octanol–water partition coefficient (Wildman–Crippen LogP) is 5.52. The summed E-state index contributed by atoms with van der Waals surface area (Å²) in [6, 6.07) is 17.8. The highest BCUT2D eigenvalue weighted by Crippen LogP contribution is 2.36. The Morgan fingerprint density at radius 2 is 2.10 bits per heavy atom. The molecule has 3 aromatic rings. The summed E-state index contributed by atoms with van der Waals surface area (Å²) in [6.07, 6.45) is 2.83. The molecule has 1 aromatic heterocycles. The van der Waals surface area contributed by atoms with Gasteiger partial charge in [-0.15, -0.1) is 0 Å². The maximum atomic E-state index is 11.6. The zero-order valence-electron chi connectivity index (χ0n) is 22.9. The van der Waals surface area contributed by atoms with Gasteiger partial charge in [0.2, 0.25) is 5.88 Å². The van der Waals surface area contributed by atoms with E-state index in [9.17, 15) is 9.90 Å². The van der Waals surface area contributed by atoms with Gasteiger partial charge in [-0.25, -0.2) is 9.78 Å². The van der Waals surface area contributed by atoms with Crippen LogP contribution in [-0.2, 0) is 33.8 Å². The van der Waals surface area contributed by atoms with Gasteiger partial charge in [0.25, 0.3) is 0 Å². The van der Waals surface area contributed by atoms with Gasteiger partial charge in [-0.3, -0.25) is 4.90 Å². The number of benzene rings is 2. The van der Waals surface area contributed by atoms with Crippen LogP contribution in [0.3, 0.4) is 0 Å². The summed E-state index contributed by atoms with van der Waals surface area (Å²) in [6.45, 7) is 5.95. The molecular formula is C31H33ClN4O5. The average Bonchev–Trinajstić information content (AvgIpc) is 3.52. The molecule has 0 bridgehead atoms. The minimum absolute atomic E-state index is 0.0608. The fraction of sp³-hybridized carbons (Fsp3) is 0.323. The Bertz CT molecular complexity index is 1450. The van der Waals surface area contributed by atoms with Gasteiger partial charge in [-0.1, -0.05) is 41.9 Å². The molecule has 0 aliphatic carbocycles. The monoisotopic (exact) mass is 576 g/mol. The molecule has 0 radical (unpaired) electrons. The number of carboxylic acid groups (broad SMARTS) is 1. The normalized spacial score (nSPS) is 17.4. The third-order valence-electron chi connectivity index (χ3n) is 7.26. The van der Waals surface area contributed by atoms with Crippen molar-refractivity contribution in [1.29, 1.82) is 5.41 Å². The number of hydrogen-bond acceptors (Lipinski definition) is 8. The molecule has 2 aliphatic heterocycles. The molecule has 5 rings (SSSR count). The Kier molecular flexibility index (Phi) is 9.18. The van der Waals surface area contributed by atoms with Gasteiger partial charge in [0.15, 0.2) is 0 Å². The van der Waals surface area contributed by atoms with Crippen LogP contribution in [0.1, 0.15) is 30.0 Å². The number of para-hydroxylation sites is 1. The SMILES string of the molecule is CCO/C(Nc1cccc(-c2cccc(Cl)c2OCc2ccc3c(c2)CCN(C2CCOC2)C3)n1)=C(/C=N)C(=O)O. The third kappa shape index (κ3) is 6.70. The average molecular weight is 577 g/mol. The van der Waals surface area contributed by atoms with E-state index in [1.165, 1.54) is 11.1 Å². The number of anilines is 1. The number of aromatic nitrogens is 1. The van der Waals surface area contributed by atoms with Gasteiger partial charge in [-0.05, 0) is 60.7 Å². The lowest BCUT2D eigenvalue weighted by Crippen LogP contribution is -2.39. The van der Waals surface area contributed by atoms with E-state index in [2.05, 4.69) is 33.4 Å². The molecule has 10 heteroatoms. The Hall–Kier alpha value is -3.92. The number of rotatable bonds is 11. The molecule has 1 saturated heterocycles. The second-order valence-electron chi connectivity index (χ2n) is 9.90. The van der Waals surface area contributed by atoms with Gasteiger partial charge in [-0.2, -0.15) is 0 Å². The molecule has 41 heavy (non-hydrogen) atoms.